The van der Waals surface area contributed by atoms with Gasteiger partial charge in [-0.1, -0.05) is 25.1 Å². The molecular weight excluding hydrogens is 278 g/mol. The molecule has 0 saturated heterocycles. The standard InChI is InChI=1S/C17H17N3O2/c1-3-14-16(13-6-4-5-7-15(13)22-14)17(21)20(2)11-12-10-18-8-9-19-12/h4-10H,3,11H2,1-2H3. The lowest BCUT2D eigenvalue weighted by molar-refractivity contribution is 0.0782. The molecule has 0 N–H and O–H groups in total. The summed E-state index contributed by atoms with van der Waals surface area (Å²) < 4.78 is 5.79. The quantitative estimate of drug-likeness (QED) is 0.742. The molecule has 0 spiro atoms. The molecule has 1 aromatic carbocycles. The predicted molar refractivity (Wildman–Crippen MR) is 83.4 cm³/mol. The van der Waals surface area contributed by atoms with Gasteiger partial charge in [-0.05, 0) is 6.07 Å². The Hall–Kier alpha value is -2.69. The molecule has 0 aliphatic heterocycles. The van der Waals surface area contributed by atoms with Crippen LogP contribution in [0.2, 0.25) is 0 Å². The number of nitrogens with zero attached hydrogens (tertiary/aromatic N) is 3. The molecule has 112 valence electrons. The number of hydrogen-bond donors (Lipinski definition) is 0. The first-order valence-corrected chi connectivity index (χ1v) is 7.21. The largest absolute Gasteiger partial charge is 0.460 e. The van der Waals surface area contributed by atoms with E-state index < -0.39 is 0 Å². The molecule has 5 nitrogen and oxygen atoms in total. The number of aromatic nitrogens is 2. The van der Waals surface area contributed by atoms with Crippen LogP contribution >= 0.6 is 0 Å². The lowest BCUT2D eigenvalue weighted by Gasteiger charge is -2.16. The van der Waals surface area contributed by atoms with Crippen LogP contribution in [-0.2, 0) is 13.0 Å². The van der Waals surface area contributed by atoms with Gasteiger partial charge in [0, 0.05) is 31.2 Å². The minimum atomic E-state index is -0.0625. The second kappa shape index (κ2) is 5.97. The number of rotatable bonds is 4. The highest BCUT2D eigenvalue weighted by molar-refractivity contribution is 6.07. The fraction of sp³-hybridized carbons (Fsp3) is 0.235. The van der Waals surface area contributed by atoms with Gasteiger partial charge in [-0.2, -0.15) is 0 Å². The third-order valence-corrected chi connectivity index (χ3v) is 3.57. The summed E-state index contributed by atoms with van der Waals surface area (Å²) in [6.07, 6.45) is 5.58. The molecule has 5 heteroatoms. The zero-order valence-corrected chi connectivity index (χ0v) is 12.6. The van der Waals surface area contributed by atoms with Crippen LogP contribution in [0.4, 0.5) is 0 Å². The van der Waals surface area contributed by atoms with Gasteiger partial charge in [0.25, 0.3) is 5.91 Å². The van der Waals surface area contributed by atoms with Gasteiger partial charge in [-0.3, -0.25) is 14.8 Å². The highest BCUT2D eigenvalue weighted by Crippen LogP contribution is 2.27. The van der Waals surface area contributed by atoms with Crippen molar-refractivity contribution < 1.29 is 9.21 Å². The first-order chi connectivity index (χ1) is 10.7. The Morgan fingerprint density at radius 2 is 2.09 bits per heavy atom. The van der Waals surface area contributed by atoms with E-state index in [1.165, 1.54) is 0 Å². The summed E-state index contributed by atoms with van der Waals surface area (Å²) in [5.41, 5.74) is 2.14. The summed E-state index contributed by atoms with van der Waals surface area (Å²) in [5.74, 6) is 0.657. The van der Waals surface area contributed by atoms with Gasteiger partial charge in [0.15, 0.2) is 0 Å². The minimum Gasteiger partial charge on any atom is -0.460 e. The number of furan rings is 1. The second-order valence-electron chi connectivity index (χ2n) is 5.11. The van der Waals surface area contributed by atoms with Gasteiger partial charge in [0.1, 0.15) is 11.3 Å². The molecule has 1 amide bonds. The third-order valence-electron chi connectivity index (χ3n) is 3.57. The van der Waals surface area contributed by atoms with Crippen molar-refractivity contribution in [2.24, 2.45) is 0 Å². The van der Waals surface area contributed by atoms with E-state index in [1.54, 1.807) is 30.5 Å². The van der Waals surface area contributed by atoms with E-state index in [1.807, 2.05) is 31.2 Å². The third kappa shape index (κ3) is 2.57. The predicted octanol–water partition coefficient (Wildman–Crippen LogP) is 3.06. The number of amides is 1. The number of hydrogen-bond acceptors (Lipinski definition) is 4. The van der Waals surface area contributed by atoms with Gasteiger partial charge < -0.3 is 9.32 Å². The molecule has 2 heterocycles. The number of aryl methyl sites for hydroxylation is 1. The molecule has 0 atom stereocenters. The Balaban J connectivity index is 1.94. The van der Waals surface area contributed by atoms with E-state index in [0.717, 1.165) is 22.4 Å². The fourth-order valence-electron chi connectivity index (χ4n) is 2.50. The Morgan fingerprint density at radius 1 is 1.27 bits per heavy atom. The Bertz CT molecular complexity index is 796. The average Bonchev–Trinajstić information content (AvgIpc) is 2.93. The maximum absolute atomic E-state index is 12.8. The zero-order chi connectivity index (χ0) is 15.5. The van der Waals surface area contributed by atoms with Gasteiger partial charge in [0.2, 0.25) is 0 Å². The van der Waals surface area contributed by atoms with E-state index >= 15 is 0 Å². The monoisotopic (exact) mass is 295 g/mol. The van der Waals surface area contributed by atoms with E-state index in [-0.39, 0.29) is 5.91 Å². The lowest BCUT2D eigenvalue weighted by Crippen LogP contribution is -2.27. The van der Waals surface area contributed by atoms with Crippen molar-refractivity contribution in [2.75, 3.05) is 7.05 Å². The molecule has 0 fully saturated rings. The molecule has 3 rings (SSSR count). The number of fused-ring (bicyclic) bond motifs is 1. The van der Waals surface area contributed by atoms with Crippen molar-refractivity contribution in [1.82, 2.24) is 14.9 Å². The van der Waals surface area contributed by atoms with E-state index in [9.17, 15) is 4.79 Å². The van der Waals surface area contributed by atoms with Crippen LogP contribution in [0.25, 0.3) is 11.0 Å². The van der Waals surface area contributed by atoms with E-state index in [4.69, 9.17) is 4.42 Å². The van der Waals surface area contributed by atoms with Crippen molar-refractivity contribution in [3.8, 4) is 0 Å². The van der Waals surface area contributed by atoms with E-state index in [0.29, 0.717) is 18.5 Å². The topological polar surface area (TPSA) is 59.2 Å². The average molecular weight is 295 g/mol. The van der Waals surface area contributed by atoms with Gasteiger partial charge in [-0.15, -0.1) is 0 Å². The van der Waals surface area contributed by atoms with Crippen molar-refractivity contribution in [1.29, 1.82) is 0 Å². The number of para-hydroxylation sites is 1. The molecule has 3 aromatic rings. The van der Waals surface area contributed by atoms with Crippen LogP contribution in [0, 0.1) is 0 Å². The highest BCUT2D eigenvalue weighted by atomic mass is 16.3. The van der Waals surface area contributed by atoms with Gasteiger partial charge in [0.05, 0.1) is 24.0 Å². The molecule has 22 heavy (non-hydrogen) atoms. The summed E-state index contributed by atoms with van der Waals surface area (Å²) in [6, 6.07) is 7.62. The van der Waals surface area contributed by atoms with Crippen LogP contribution in [-0.4, -0.2) is 27.8 Å². The summed E-state index contributed by atoms with van der Waals surface area (Å²) in [5, 5.41) is 0.857. The Labute approximate surface area is 128 Å². The molecule has 0 aliphatic carbocycles. The molecule has 0 radical (unpaired) electrons. The lowest BCUT2D eigenvalue weighted by atomic mass is 10.1. The normalized spacial score (nSPS) is 10.8. The first-order valence-electron chi connectivity index (χ1n) is 7.21. The minimum absolute atomic E-state index is 0.0625. The van der Waals surface area contributed by atoms with Gasteiger partial charge in [-0.25, -0.2) is 0 Å². The summed E-state index contributed by atoms with van der Waals surface area (Å²) in [6.45, 7) is 2.40. The summed E-state index contributed by atoms with van der Waals surface area (Å²) in [4.78, 5) is 22.7. The highest BCUT2D eigenvalue weighted by Gasteiger charge is 2.22. The van der Waals surface area contributed by atoms with Crippen molar-refractivity contribution in [2.45, 2.75) is 19.9 Å². The van der Waals surface area contributed by atoms with Crippen LogP contribution in [0.5, 0.6) is 0 Å². The van der Waals surface area contributed by atoms with Crippen LogP contribution in [0.1, 0.15) is 28.7 Å². The second-order valence-corrected chi connectivity index (χ2v) is 5.11. The van der Waals surface area contributed by atoms with Crippen LogP contribution < -0.4 is 0 Å². The SMILES string of the molecule is CCc1oc2ccccc2c1C(=O)N(C)Cc1cnccn1. The Morgan fingerprint density at radius 3 is 2.82 bits per heavy atom. The fourth-order valence-corrected chi connectivity index (χ4v) is 2.50. The number of carbonyl (C=O) groups excluding carboxylic acids is 1. The van der Waals surface area contributed by atoms with Crippen molar-refractivity contribution in [3.63, 3.8) is 0 Å². The molecular formula is C17H17N3O2. The van der Waals surface area contributed by atoms with Crippen molar-refractivity contribution in [3.05, 3.63) is 59.9 Å². The van der Waals surface area contributed by atoms with Gasteiger partial charge >= 0.3 is 0 Å². The number of carbonyl (C=O) groups is 1. The smallest absolute Gasteiger partial charge is 0.258 e. The summed E-state index contributed by atoms with van der Waals surface area (Å²) in [7, 11) is 1.76. The van der Waals surface area contributed by atoms with E-state index in [2.05, 4.69) is 9.97 Å². The Kier molecular flexibility index (Phi) is 3.87. The molecule has 0 saturated carbocycles. The number of benzene rings is 1. The van der Waals surface area contributed by atoms with Crippen molar-refractivity contribution >= 4 is 16.9 Å². The summed E-state index contributed by atoms with van der Waals surface area (Å²) >= 11 is 0. The molecule has 0 bridgehead atoms. The zero-order valence-electron chi connectivity index (χ0n) is 12.6. The van der Waals surface area contributed by atoms with Crippen LogP contribution in [0.15, 0.2) is 47.3 Å². The molecule has 2 aromatic heterocycles. The maximum atomic E-state index is 12.8. The molecule has 0 aliphatic rings. The molecule has 0 unspecified atom stereocenters. The first kappa shape index (κ1) is 14.3. The van der Waals surface area contributed by atoms with Crippen LogP contribution in [0.3, 0.4) is 0 Å². The maximum Gasteiger partial charge on any atom is 0.258 e.